The third kappa shape index (κ3) is 6.40. The highest BCUT2D eigenvalue weighted by Crippen LogP contribution is 2.10. The van der Waals surface area contributed by atoms with Crippen LogP contribution in [0.1, 0.15) is 25.8 Å². The summed E-state index contributed by atoms with van der Waals surface area (Å²) in [6.07, 6.45) is 1.68. The van der Waals surface area contributed by atoms with Gasteiger partial charge in [-0.15, -0.1) is 0 Å². The van der Waals surface area contributed by atoms with Crippen molar-refractivity contribution in [3.63, 3.8) is 0 Å². The second kappa shape index (κ2) is 9.13. The fourth-order valence-electron chi connectivity index (χ4n) is 1.95. The van der Waals surface area contributed by atoms with Crippen molar-refractivity contribution in [1.29, 1.82) is 0 Å². The van der Waals surface area contributed by atoms with Crippen molar-refractivity contribution in [3.8, 4) is 0 Å². The molecule has 0 unspecified atom stereocenters. The number of ether oxygens (including phenoxy) is 1. The molecule has 0 heterocycles. The smallest absolute Gasteiger partial charge is 0.243 e. The zero-order valence-corrected chi connectivity index (χ0v) is 13.0. The molecule has 0 aliphatic rings. The van der Waals surface area contributed by atoms with E-state index in [0.29, 0.717) is 19.6 Å². The molecule has 0 aliphatic heterocycles. The maximum atomic E-state index is 12.0. The van der Waals surface area contributed by atoms with Crippen LogP contribution >= 0.6 is 0 Å². The number of carbonyl (C=O) groups excluding carboxylic acids is 2. The quantitative estimate of drug-likeness (QED) is 0.746. The Hall–Kier alpha value is -1.88. The van der Waals surface area contributed by atoms with Gasteiger partial charge in [-0.05, 0) is 30.5 Å². The summed E-state index contributed by atoms with van der Waals surface area (Å²) >= 11 is 0. The minimum atomic E-state index is -0.188. The summed E-state index contributed by atoms with van der Waals surface area (Å²) < 4.78 is 4.96. The summed E-state index contributed by atoms with van der Waals surface area (Å²) in [6, 6.07) is 7.72. The van der Waals surface area contributed by atoms with E-state index in [0.717, 1.165) is 12.1 Å². The second-order valence-corrected chi connectivity index (χ2v) is 4.89. The highest BCUT2D eigenvalue weighted by molar-refractivity contribution is 5.94. The summed E-state index contributed by atoms with van der Waals surface area (Å²) in [5.74, 6) is -0.297. The molecule has 0 radical (unpaired) electrons. The minimum Gasteiger partial charge on any atom is -0.385 e. The van der Waals surface area contributed by atoms with E-state index >= 15 is 0 Å². The molecule has 0 atom stereocenters. The average molecular weight is 292 g/mol. The predicted octanol–water partition coefficient (Wildman–Crippen LogP) is 2.07. The summed E-state index contributed by atoms with van der Waals surface area (Å²) in [5, 5.41) is 2.80. The molecule has 116 valence electrons. The van der Waals surface area contributed by atoms with E-state index in [4.69, 9.17) is 4.74 Å². The van der Waals surface area contributed by atoms with Crippen LogP contribution in [-0.4, -0.2) is 43.5 Å². The van der Waals surface area contributed by atoms with Gasteiger partial charge >= 0.3 is 0 Å². The Labute approximate surface area is 126 Å². The lowest BCUT2D eigenvalue weighted by Crippen LogP contribution is -2.37. The van der Waals surface area contributed by atoms with Gasteiger partial charge in [0, 0.05) is 32.9 Å². The average Bonchev–Trinajstić information content (AvgIpc) is 2.47. The van der Waals surface area contributed by atoms with Crippen molar-refractivity contribution in [2.75, 3.05) is 32.1 Å². The Morgan fingerprint density at radius 2 is 1.90 bits per heavy atom. The van der Waals surface area contributed by atoms with Crippen LogP contribution in [-0.2, 0) is 20.7 Å². The number of aryl methyl sites for hydroxylation is 1. The van der Waals surface area contributed by atoms with Crippen LogP contribution in [0.5, 0.6) is 0 Å². The molecule has 21 heavy (non-hydrogen) atoms. The van der Waals surface area contributed by atoms with Crippen LogP contribution in [0, 0.1) is 0 Å². The van der Waals surface area contributed by atoms with E-state index in [-0.39, 0.29) is 18.4 Å². The van der Waals surface area contributed by atoms with E-state index < -0.39 is 0 Å². The number of amides is 2. The highest BCUT2D eigenvalue weighted by Gasteiger charge is 2.13. The van der Waals surface area contributed by atoms with E-state index in [1.54, 1.807) is 7.11 Å². The maximum absolute atomic E-state index is 12.0. The van der Waals surface area contributed by atoms with Crippen molar-refractivity contribution in [2.45, 2.75) is 26.7 Å². The molecular weight excluding hydrogens is 268 g/mol. The first-order valence-corrected chi connectivity index (χ1v) is 7.20. The lowest BCUT2D eigenvalue weighted by molar-refractivity contribution is -0.132. The molecule has 5 heteroatoms. The summed E-state index contributed by atoms with van der Waals surface area (Å²) in [7, 11) is 1.62. The number of hydrogen-bond acceptors (Lipinski definition) is 3. The molecule has 1 rings (SSSR count). The lowest BCUT2D eigenvalue weighted by Gasteiger charge is -2.20. The van der Waals surface area contributed by atoms with Crippen molar-refractivity contribution in [1.82, 2.24) is 4.90 Å². The molecule has 0 spiro atoms. The monoisotopic (exact) mass is 292 g/mol. The fourth-order valence-corrected chi connectivity index (χ4v) is 1.95. The van der Waals surface area contributed by atoms with Crippen molar-refractivity contribution < 1.29 is 14.3 Å². The lowest BCUT2D eigenvalue weighted by atomic mass is 10.1. The Morgan fingerprint density at radius 3 is 2.43 bits per heavy atom. The van der Waals surface area contributed by atoms with Crippen molar-refractivity contribution >= 4 is 17.5 Å². The van der Waals surface area contributed by atoms with Gasteiger partial charge in [0.25, 0.3) is 0 Å². The number of hydrogen-bond donors (Lipinski definition) is 1. The van der Waals surface area contributed by atoms with Crippen LogP contribution in [0.3, 0.4) is 0 Å². The maximum Gasteiger partial charge on any atom is 0.243 e. The molecule has 0 aliphatic carbocycles. The first-order valence-electron chi connectivity index (χ1n) is 7.20. The molecule has 0 saturated carbocycles. The number of nitrogens with one attached hydrogen (secondary N) is 1. The van der Waals surface area contributed by atoms with Crippen LogP contribution in [0.2, 0.25) is 0 Å². The number of nitrogens with zero attached hydrogens (tertiary/aromatic N) is 1. The van der Waals surface area contributed by atoms with Gasteiger partial charge in [0.15, 0.2) is 0 Å². The van der Waals surface area contributed by atoms with Crippen molar-refractivity contribution in [2.24, 2.45) is 0 Å². The van der Waals surface area contributed by atoms with Gasteiger partial charge in [-0.1, -0.05) is 19.1 Å². The highest BCUT2D eigenvalue weighted by atomic mass is 16.5. The first-order chi connectivity index (χ1) is 10.1. The van der Waals surface area contributed by atoms with Crippen molar-refractivity contribution in [3.05, 3.63) is 29.8 Å². The van der Waals surface area contributed by atoms with E-state index in [1.165, 1.54) is 17.4 Å². The number of anilines is 1. The van der Waals surface area contributed by atoms with Crippen LogP contribution < -0.4 is 5.32 Å². The predicted molar refractivity (Wildman–Crippen MR) is 83.2 cm³/mol. The van der Waals surface area contributed by atoms with E-state index in [1.807, 2.05) is 24.3 Å². The van der Waals surface area contributed by atoms with Gasteiger partial charge in [0.1, 0.15) is 0 Å². The summed E-state index contributed by atoms with van der Waals surface area (Å²) in [6.45, 7) is 4.71. The molecule has 1 aromatic rings. The molecule has 1 aromatic carbocycles. The van der Waals surface area contributed by atoms with E-state index in [2.05, 4.69) is 12.2 Å². The van der Waals surface area contributed by atoms with Crippen LogP contribution in [0.25, 0.3) is 0 Å². The Bertz CT molecular complexity index is 457. The zero-order valence-electron chi connectivity index (χ0n) is 13.0. The molecule has 0 saturated heterocycles. The van der Waals surface area contributed by atoms with Gasteiger partial charge in [-0.2, -0.15) is 0 Å². The Kier molecular flexibility index (Phi) is 7.46. The Morgan fingerprint density at radius 1 is 1.24 bits per heavy atom. The normalized spacial score (nSPS) is 10.2. The molecular formula is C16H24N2O3. The largest absolute Gasteiger partial charge is 0.385 e. The molecule has 0 fully saturated rings. The number of benzene rings is 1. The topological polar surface area (TPSA) is 58.6 Å². The number of rotatable bonds is 8. The number of methoxy groups -OCH3 is 1. The molecule has 5 nitrogen and oxygen atoms in total. The van der Waals surface area contributed by atoms with Gasteiger partial charge in [0.2, 0.25) is 11.8 Å². The molecule has 0 aromatic heterocycles. The summed E-state index contributed by atoms with van der Waals surface area (Å²) in [5.41, 5.74) is 1.97. The SMILES string of the molecule is CCc1ccc(NC(=O)CN(CCCOC)C(C)=O)cc1. The van der Waals surface area contributed by atoms with Gasteiger partial charge in [-0.3, -0.25) is 9.59 Å². The summed E-state index contributed by atoms with van der Waals surface area (Å²) in [4.78, 5) is 25.0. The minimum absolute atomic E-state index is 0.0641. The van der Waals surface area contributed by atoms with Gasteiger partial charge in [0.05, 0.1) is 6.54 Å². The van der Waals surface area contributed by atoms with Crippen LogP contribution in [0.15, 0.2) is 24.3 Å². The second-order valence-electron chi connectivity index (χ2n) is 4.89. The molecule has 1 N–H and O–H groups in total. The Balaban J connectivity index is 2.50. The number of carbonyl (C=O) groups is 2. The zero-order chi connectivity index (χ0) is 15.7. The van der Waals surface area contributed by atoms with Gasteiger partial charge in [-0.25, -0.2) is 0 Å². The molecule has 2 amide bonds. The van der Waals surface area contributed by atoms with E-state index in [9.17, 15) is 9.59 Å². The van der Waals surface area contributed by atoms with Gasteiger partial charge < -0.3 is 15.0 Å². The van der Waals surface area contributed by atoms with Crippen LogP contribution in [0.4, 0.5) is 5.69 Å². The fraction of sp³-hybridized carbons (Fsp3) is 0.500. The third-order valence-electron chi connectivity index (χ3n) is 3.20. The third-order valence-corrected chi connectivity index (χ3v) is 3.20. The standard InChI is InChI=1S/C16H24N2O3/c1-4-14-6-8-15(9-7-14)17-16(20)12-18(13(2)19)10-5-11-21-3/h6-9H,4-5,10-12H2,1-3H3,(H,17,20). The molecule has 0 bridgehead atoms. The first kappa shape index (κ1) is 17.2.